The van der Waals surface area contributed by atoms with Crippen LogP contribution in [0.25, 0.3) is 0 Å². The molecule has 0 fully saturated rings. The lowest BCUT2D eigenvalue weighted by molar-refractivity contribution is -0.143. The first-order chi connectivity index (χ1) is 12.5. The summed E-state index contributed by atoms with van der Waals surface area (Å²) in [5, 5.41) is 8.59. The molecule has 8 heteroatoms. The fraction of sp³-hybridized carbons (Fsp3) is 0.333. The van der Waals surface area contributed by atoms with Crippen LogP contribution in [0.5, 0.6) is 0 Å². The number of hydrogen-bond acceptors (Lipinski definition) is 6. The van der Waals surface area contributed by atoms with Crippen LogP contribution < -0.4 is 16.5 Å². The molecule has 0 aliphatic heterocycles. The number of terminal acetylenes is 1. The van der Waals surface area contributed by atoms with Crippen LogP contribution in [-0.4, -0.2) is 36.6 Å². The van der Waals surface area contributed by atoms with Crippen molar-refractivity contribution in [3.63, 3.8) is 0 Å². The number of anilines is 1. The highest BCUT2D eigenvalue weighted by Crippen LogP contribution is 2.09. The molecule has 0 saturated carbocycles. The first-order valence-corrected chi connectivity index (χ1v) is 8.02. The maximum Gasteiger partial charge on any atom is 0.308 e. The molecule has 1 aromatic rings. The van der Waals surface area contributed by atoms with E-state index >= 15 is 0 Å². The number of esters is 1. The Hall–Kier alpha value is -3.34. The molecular weight excluding hydrogens is 336 g/mol. The SMILES string of the molecule is C#C[C@H](CC(=O)OCC)NC(=O)CCC(=O)Nc1ccc(C=NN)cc1. The van der Waals surface area contributed by atoms with E-state index in [2.05, 4.69) is 21.7 Å². The number of nitrogens with two attached hydrogens (primary N) is 1. The molecule has 0 spiro atoms. The number of carbonyl (C=O) groups excluding carboxylic acids is 3. The Morgan fingerprint density at radius 2 is 1.92 bits per heavy atom. The van der Waals surface area contributed by atoms with Gasteiger partial charge in [-0.2, -0.15) is 5.10 Å². The Bertz CT molecular complexity index is 692. The summed E-state index contributed by atoms with van der Waals surface area (Å²) in [6.07, 6.45) is 6.59. The maximum atomic E-state index is 11.9. The molecule has 0 radical (unpaired) electrons. The number of hydrazone groups is 1. The average molecular weight is 358 g/mol. The lowest BCUT2D eigenvalue weighted by atomic mass is 10.2. The van der Waals surface area contributed by atoms with Crippen LogP contribution in [0, 0.1) is 12.3 Å². The monoisotopic (exact) mass is 358 g/mol. The Morgan fingerprint density at radius 3 is 2.50 bits per heavy atom. The van der Waals surface area contributed by atoms with Gasteiger partial charge in [0.05, 0.1) is 19.2 Å². The van der Waals surface area contributed by atoms with E-state index in [4.69, 9.17) is 17.0 Å². The Labute approximate surface area is 152 Å². The fourth-order valence-electron chi connectivity index (χ4n) is 1.99. The van der Waals surface area contributed by atoms with Crippen molar-refractivity contribution in [2.45, 2.75) is 32.2 Å². The topological polar surface area (TPSA) is 123 Å². The summed E-state index contributed by atoms with van der Waals surface area (Å²) >= 11 is 0. The summed E-state index contributed by atoms with van der Waals surface area (Å²) in [5.41, 5.74) is 1.39. The predicted molar refractivity (Wildman–Crippen MR) is 98.1 cm³/mol. The van der Waals surface area contributed by atoms with Gasteiger partial charge in [0.1, 0.15) is 6.04 Å². The summed E-state index contributed by atoms with van der Waals surface area (Å²) < 4.78 is 4.78. The molecule has 0 aliphatic rings. The maximum absolute atomic E-state index is 11.9. The normalized spacial score (nSPS) is 11.4. The number of nitrogens with one attached hydrogen (secondary N) is 2. The van der Waals surface area contributed by atoms with E-state index in [1.54, 1.807) is 31.2 Å². The second kappa shape index (κ2) is 11.3. The molecule has 0 unspecified atom stereocenters. The van der Waals surface area contributed by atoms with E-state index in [1.807, 2.05) is 0 Å². The number of nitrogens with zero attached hydrogens (tertiary/aromatic N) is 1. The highest BCUT2D eigenvalue weighted by Gasteiger charge is 2.15. The van der Waals surface area contributed by atoms with Gasteiger partial charge in [0.15, 0.2) is 0 Å². The van der Waals surface area contributed by atoms with Crippen molar-refractivity contribution in [2.75, 3.05) is 11.9 Å². The lowest BCUT2D eigenvalue weighted by Gasteiger charge is -2.12. The van der Waals surface area contributed by atoms with Gasteiger partial charge in [0.2, 0.25) is 11.8 Å². The molecule has 1 rings (SSSR count). The van der Waals surface area contributed by atoms with Gasteiger partial charge in [-0.25, -0.2) is 0 Å². The molecule has 0 aliphatic carbocycles. The number of hydrogen-bond donors (Lipinski definition) is 3. The summed E-state index contributed by atoms with van der Waals surface area (Å²) in [5.74, 6) is 6.15. The molecule has 26 heavy (non-hydrogen) atoms. The minimum absolute atomic E-state index is 0.0193. The number of benzene rings is 1. The van der Waals surface area contributed by atoms with Crippen LogP contribution in [0.3, 0.4) is 0 Å². The molecule has 1 atom stereocenters. The van der Waals surface area contributed by atoms with E-state index in [0.29, 0.717) is 5.69 Å². The summed E-state index contributed by atoms with van der Waals surface area (Å²) in [6.45, 7) is 1.92. The predicted octanol–water partition coefficient (Wildman–Crippen LogP) is 0.769. The minimum Gasteiger partial charge on any atom is -0.466 e. The van der Waals surface area contributed by atoms with E-state index in [0.717, 1.165) is 5.56 Å². The van der Waals surface area contributed by atoms with Crippen molar-refractivity contribution >= 4 is 29.7 Å². The third kappa shape index (κ3) is 7.97. The molecular formula is C18H22N4O4. The number of carbonyl (C=O) groups is 3. The van der Waals surface area contributed by atoms with Crippen LogP contribution in [-0.2, 0) is 19.1 Å². The van der Waals surface area contributed by atoms with Gasteiger partial charge >= 0.3 is 5.97 Å². The molecule has 8 nitrogen and oxygen atoms in total. The summed E-state index contributed by atoms with van der Waals surface area (Å²) in [6, 6.07) is 6.11. The lowest BCUT2D eigenvalue weighted by Crippen LogP contribution is -2.36. The minimum atomic E-state index is -0.763. The van der Waals surface area contributed by atoms with Gasteiger partial charge in [0, 0.05) is 18.5 Å². The highest BCUT2D eigenvalue weighted by molar-refractivity contribution is 5.93. The fourth-order valence-corrected chi connectivity index (χ4v) is 1.99. The Kier molecular flexibility index (Phi) is 8.96. The van der Waals surface area contributed by atoms with Gasteiger partial charge in [-0.15, -0.1) is 6.42 Å². The molecule has 0 saturated heterocycles. The van der Waals surface area contributed by atoms with Crippen LogP contribution in [0.4, 0.5) is 5.69 Å². The zero-order valence-corrected chi connectivity index (χ0v) is 14.5. The average Bonchev–Trinajstić information content (AvgIpc) is 2.61. The molecule has 1 aromatic carbocycles. The smallest absolute Gasteiger partial charge is 0.308 e. The van der Waals surface area contributed by atoms with Gasteiger partial charge < -0.3 is 21.2 Å². The first kappa shape index (κ1) is 20.7. The van der Waals surface area contributed by atoms with Gasteiger partial charge in [-0.1, -0.05) is 18.1 Å². The Balaban J connectivity index is 2.40. The number of rotatable bonds is 9. The molecule has 138 valence electrons. The first-order valence-electron chi connectivity index (χ1n) is 8.02. The molecule has 4 N–H and O–H groups in total. The largest absolute Gasteiger partial charge is 0.466 e. The number of ether oxygens (including phenoxy) is 1. The quantitative estimate of drug-likeness (QED) is 0.198. The highest BCUT2D eigenvalue weighted by atomic mass is 16.5. The van der Waals surface area contributed by atoms with Crippen LogP contribution in [0.15, 0.2) is 29.4 Å². The second-order valence-electron chi connectivity index (χ2n) is 5.24. The zero-order valence-electron chi connectivity index (χ0n) is 14.5. The van der Waals surface area contributed by atoms with E-state index in [-0.39, 0.29) is 31.8 Å². The van der Waals surface area contributed by atoms with Crippen molar-refractivity contribution in [1.29, 1.82) is 0 Å². The van der Waals surface area contributed by atoms with Crippen molar-refractivity contribution < 1.29 is 19.1 Å². The van der Waals surface area contributed by atoms with Crippen LogP contribution in [0.2, 0.25) is 0 Å². The molecule has 2 amide bonds. The summed E-state index contributed by atoms with van der Waals surface area (Å²) in [4.78, 5) is 35.1. The van der Waals surface area contributed by atoms with Gasteiger partial charge in [-0.05, 0) is 24.6 Å². The van der Waals surface area contributed by atoms with E-state index in [9.17, 15) is 14.4 Å². The Morgan fingerprint density at radius 1 is 1.27 bits per heavy atom. The van der Waals surface area contributed by atoms with Crippen LogP contribution in [0.1, 0.15) is 31.7 Å². The standard InChI is InChI=1S/C18H22N4O4/c1-3-14(11-18(25)26-4-2)21-16(23)9-10-17(24)22-15-7-5-13(6-8-15)12-20-19/h1,5-8,12,14H,4,9-11,19H2,2H3,(H,21,23)(H,22,24)/t14-/m1/s1. The zero-order chi connectivity index (χ0) is 19.4. The van der Waals surface area contributed by atoms with Crippen molar-refractivity contribution in [2.24, 2.45) is 10.9 Å². The summed E-state index contributed by atoms with van der Waals surface area (Å²) in [7, 11) is 0. The van der Waals surface area contributed by atoms with Crippen molar-refractivity contribution in [1.82, 2.24) is 5.32 Å². The van der Waals surface area contributed by atoms with Crippen LogP contribution >= 0.6 is 0 Å². The molecule has 0 aromatic heterocycles. The third-order valence-electron chi connectivity index (χ3n) is 3.21. The van der Waals surface area contributed by atoms with E-state index < -0.39 is 17.9 Å². The van der Waals surface area contributed by atoms with Crippen molar-refractivity contribution in [3.05, 3.63) is 29.8 Å². The molecule has 0 heterocycles. The number of amides is 2. The van der Waals surface area contributed by atoms with Gasteiger partial charge in [0.25, 0.3) is 0 Å². The molecule has 0 bridgehead atoms. The van der Waals surface area contributed by atoms with Crippen molar-refractivity contribution in [3.8, 4) is 12.3 Å². The van der Waals surface area contributed by atoms with Gasteiger partial charge in [-0.3, -0.25) is 14.4 Å². The second-order valence-corrected chi connectivity index (χ2v) is 5.24. The third-order valence-corrected chi connectivity index (χ3v) is 3.21. The van der Waals surface area contributed by atoms with E-state index in [1.165, 1.54) is 6.21 Å².